The quantitative estimate of drug-likeness (QED) is 0.700. The fourth-order valence-electron chi connectivity index (χ4n) is 3.32. The van der Waals surface area contributed by atoms with E-state index in [0.717, 1.165) is 22.0 Å². The number of carbonyl (C=O) groups excluding carboxylic acids is 2. The van der Waals surface area contributed by atoms with Crippen molar-refractivity contribution in [2.24, 2.45) is 0 Å². The van der Waals surface area contributed by atoms with E-state index in [2.05, 4.69) is 15.3 Å². The van der Waals surface area contributed by atoms with Crippen LogP contribution in [0.5, 0.6) is 0 Å². The van der Waals surface area contributed by atoms with Gasteiger partial charge in [-0.1, -0.05) is 18.2 Å². The topological polar surface area (TPSA) is 75.2 Å². The highest BCUT2D eigenvalue weighted by molar-refractivity contribution is 7.13. The summed E-state index contributed by atoms with van der Waals surface area (Å²) in [5.41, 5.74) is 2.70. The van der Waals surface area contributed by atoms with Gasteiger partial charge in [0.2, 0.25) is 11.8 Å². The van der Waals surface area contributed by atoms with Crippen molar-refractivity contribution in [3.8, 4) is 10.6 Å². The lowest BCUT2D eigenvalue weighted by molar-refractivity contribution is -0.123. The molecule has 1 fully saturated rings. The van der Waals surface area contributed by atoms with Crippen LogP contribution in [0, 0.1) is 0 Å². The first-order chi connectivity index (χ1) is 13.7. The van der Waals surface area contributed by atoms with E-state index >= 15 is 0 Å². The number of anilines is 1. The molecule has 6 nitrogen and oxygen atoms in total. The van der Waals surface area contributed by atoms with Crippen LogP contribution in [0.2, 0.25) is 0 Å². The summed E-state index contributed by atoms with van der Waals surface area (Å²) in [6.45, 7) is 0.488. The maximum absolute atomic E-state index is 12.7. The Morgan fingerprint density at radius 2 is 2.07 bits per heavy atom. The maximum atomic E-state index is 12.7. The van der Waals surface area contributed by atoms with E-state index in [1.165, 1.54) is 0 Å². The monoisotopic (exact) mass is 392 g/mol. The number of rotatable bonds is 6. The van der Waals surface area contributed by atoms with Gasteiger partial charge in [-0.2, -0.15) is 0 Å². The third-order valence-electron chi connectivity index (χ3n) is 4.69. The van der Waals surface area contributed by atoms with Gasteiger partial charge in [0.15, 0.2) is 0 Å². The summed E-state index contributed by atoms with van der Waals surface area (Å²) in [4.78, 5) is 35.3. The molecule has 2 amide bonds. The summed E-state index contributed by atoms with van der Waals surface area (Å²) in [6, 6.07) is 12.8. The summed E-state index contributed by atoms with van der Waals surface area (Å²) in [7, 11) is 0. The molecule has 0 radical (unpaired) electrons. The minimum Gasteiger partial charge on any atom is -0.354 e. The molecule has 0 saturated carbocycles. The Morgan fingerprint density at radius 1 is 1.21 bits per heavy atom. The minimum atomic E-state index is -0.448. The highest BCUT2D eigenvalue weighted by atomic mass is 32.1. The van der Waals surface area contributed by atoms with Crippen LogP contribution in [0.25, 0.3) is 10.6 Å². The third kappa shape index (κ3) is 3.94. The summed E-state index contributed by atoms with van der Waals surface area (Å²) >= 11 is 1.57. The molecule has 3 aromatic rings. The van der Waals surface area contributed by atoms with Crippen molar-refractivity contribution in [3.63, 3.8) is 0 Å². The zero-order valence-corrected chi connectivity index (χ0v) is 16.1. The third-order valence-corrected chi connectivity index (χ3v) is 5.63. The summed E-state index contributed by atoms with van der Waals surface area (Å²) < 4.78 is 0. The SMILES string of the molecule is O=C(NCCc1csc(-c2cccnc2)n1)C1CCC(=O)N1c1ccccc1. The molecule has 142 valence electrons. The van der Waals surface area contributed by atoms with Crippen LogP contribution in [-0.4, -0.2) is 34.4 Å². The number of amides is 2. The molecule has 2 aromatic heterocycles. The van der Waals surface area contributed by atoms with E-state index in [1.54, 1.807) is 28.6 Å². The molecule has 7 heteroatoms. The number of carbonyl (C=O) groups is 2. The van der Waals surface area contributed by atoms with E-state index in [0.29, 0.717) is 25.8 Å². The Morgan fingerprint density at radius 3 is 2.86 bits per heavy atom. The van der Waals surface area contributed by atoms with E-state index in [1.807, 2.05) is 47.8 Å². The standard InChI is InChI=1S/C21H20N4O2S/c26-19-9-8-18(25(19)17-6-2-1-3-7-17)20(27)23-12-10-16-14-28-21(24-16)15-5-4-11-22-13-15/h1-7,11,13-14,18H,8-10,12H2,(H,23,27). The second-order valence-corrected chi connectivity index (χ2v) is 7.44. The van der Waals surface area contributed by atoms with Crippen LogP contribution in [-0.2, 0) is 16.0 Å². The zero-order chi connectivity index (χ0) is 19.3. The van der Waals surface area contributed by atoms with Crippen molar-refractivity contribution < 1.29 is 9.59 Å². The van der Waals surface area contributed by atoms with Crippen molar-refractivity contribution in [1.29, 1.82) is 0 Å². The first-order valence-corrected chi connectivity index (χ1v) is 10.1. The molecule has 28 heavy (non-hydrogen) atoms. The van der Waals surface area contributed by atoms with Crippen LogP contribution in [0.4, 0.5) is 5.69 Å². The Labute approximate surface area is 167 Å². The second-order valence-electron chi connectivity index (χ2n) is 6.58. The Kier molecular flexibility index (Phi) is 5.43. The number of aromatic nitrogens is 2. The van der Waals surface area contributed by atoms with Crippen LogP contribution >= 0.6 is 11.3 Å². The van der Waals surface area contributed by atoms with Crippen molar-refractivity contribution in [2.75, 3.05) is 11.4 Å². The molecule has 1 aliphatic heterocycles. The van der Waals surface area contributed by atoms with Gasteiger partial charge in [0.25, 0.3) is 0 Å². The molecule has 4 rings (SSSR count). The lowest BCUT2D eigenvalue weighted by Crippen LogP contribution is -2.45. The molecule has 1 aliphatic rings. The van der Waals surface area contributed by atoms with Crippen molar-refractivity contribution in [3.05, 3.63) is 65.9 Å². The maximum Gasteiger partial charge on any atom is 0.243 e. The van der Waals surface area contributed by atoms with Crippen molar-refractivity contribution in [2.45, 2.75) is 25.3 Å². The molecule has 1 aromatic carbocycles. The number of thiazole rings is 1. The van der Waals surface area contributed by atoms with E-state index in [4.69, 9.17) is 0 Å². The Balaban J connectivity index is 1.34. The predicted molar refractivity (Wildman–Crippen MR) is 109 cm³/mol. The molecule has 0 bridgehead atoms. The molecule has 1 unspecified atom stereocenters. The van der Waals surface area contributed by atoms with Gasteiger partial charge in [-0.15, -0.1) is 11.3 Å². The number of para-hydroxylation sites is 1. The first-order valence-electron chi connectivity index (χ1n) is 9.22. The van der Waals surface area contributed by atoms with E-state index in [-0.39, 0.29) is 11.8 Å². The number of hydrogen-bond acceptors (Lipinski definition) is 5. The lowest BCUT2D eigenvalue weighted by Gasteiger charge is -2.24. The molecule has 0 spiro atoms. The predicted octanol–water partition coefficient (Wildman–Crippen LogP) is 3.06. The van der Waals surface area contributed by atoms with Crippen LogP contribution < -0.4 is 10.2 Å². The van der Waals surface area contributed by atoms with Gasteiger partial charge in [0, 0.05) is 48.4 Å². The van der Waals surface area contributed by atoms with Crippen LogP contribution in [0.15, 0.2) is 60.2 Å². The normalized spacial score (nSPS) is 16.4. The van der Waals surface area contributed by atoms with Gasteiger partial charge < -0.3 is 5.32 Å². The van der Waals surface area contributed by atoms with Crippen molar-refractivity contribution >= 4 is 28.8 Å². The van der Waals surface area contributed by atoms with E-state index < -0.39 is 6.04 Å². The smallest absolute Gasteiger partial charge is 0.243 e. The Bertz CT molecular complexity index is 959. The molecular weight excluding hydrogens is 372 g/mol. The largest absolute Gasteiger partial charge is 0.354 e. The molecule has 1 atom stereocenters. The highest BCUT2D eigenvalue weighted by Crippen LogP contribution is 2.26. The fourth-order valence-corrected chi connectivity index (χ4v) is 4.16. The number of nitrogens with one attached hydrogen (secondary N) is 1. The number of nitrogens with zero attached hydrogens (tertiary/aromatic N) is 3. The van der Waals surface area contributed by atoms with Gasteiger partial charge >= 0.3 is 0 Å². The average Bonchev–Trinajstić information content (AvgIpc) is 3.36. The molecule has 1 saturated heterocycles. The molecular formula is C21H20N4O2S. The Hall–Kier alpha value is -3.06. The second kappa shape index (κ2) is 8.31. The summed E-state index contributed by atoms with van der Waals surface area (Å²) in [5.74, 6) is -0.121. The van der Waals surface area contributed by atoms with Gasteiger partial charge in [0.05, 0.1) is 5.69 Å². The van der Waals surface area contributed by atoms with Gasteiger partial charge in [-0.25, -0.2) is 4.98 Å². The average molecular weight is 392 g/mol. The summed E-state index contributed by atoms with van der Waals surface area (Å²) in [5, 5.41) is 5.89. The fraction of sp³-hybridized carbons (Fsp3) is 0.238. The van der Waals surface area contributed by atoms with Gasteiger partial charge in [-0.05, 0) is 30.7 Å². The van der Waals surface area contributed by atoms with Gasteiger partial charge in [0.1, 0.15) is 11.0 Å². The molecule has 0 aliphatic carbocycles. The minimum absolute atomic E-state index is 0.00744. The number of pyridine rings is 1. The number of hydrogen-bond donors (Lipinski definition) is 1. The highest BCUT2D eigenvalue weighted by Gasteiger charge is 2.36. The molecule has 1 N–H and O–H groups in total. The lowest BCUT2D eigenvalue weighted by atomic mass is 10.2. The summed E-state index contributed by atoms with van der Waals surface area (Å²) in [6.07, 6.45) is 5.11. The van der Waals surface area contributed by atoms with Crippen LogP contribution in [0.3, 0.4) is 0 Å². The first kappa shape index (κ1) is 18.3. The number of benzene rings is 1. The zero-order valence-electron chi connectivity index (χ0n) is 15.2. The van der Waals surface area contributed by atoms with Crippen molar-refractivity contribution in [1.82, 2.24) is 15.3 Å². The van der Waals surface area contributed by atoms with Gasteiger partial charge in [-0.3, -0.25) is 19.5 Å². The van der Waals surface area contributed by atoms with Crippen LogP contribution in [0.1, 0.15) is 18.5 Å². The van der Waals surface area contributed by atoms with E-state index in [9.17, 15) is 9.59 Å². The molecule has 3 heterocycles.